The summed E-state index contributed by atoms with van der Waals surface area (Å²) in [7, 11) is 0. The predicted octanol–water partition coefficient (Wildman–Crippen LogP) is 6.94. The van der Waals surface area contributed by atoms with Crippen LogP contribution >= 0.6 is 0 Å². The Morgan fingerprint density at radius 1 is 0.897 bits per heavy atom. The smallest absolute Gasteiger partial charge is 0.206 e. The molecule has 0 aromatic heterocycles. The third-order valence-electron chi connectivity index (χ3n) is 6.37. The molecule has 0 nitrogen and oxygen atoms in total. The summed E-state index contributed by atoms with van der Waals surface area (Å²) in [5, 5.41) is 0. The fraction of sp³-hybridized carbons (Fsp3) is 0.417. The van der Waals surface area contributed by atoms with E-state index in [1.54, 1.807) is 0 Å². The van der Waals surface area contributed by atoms with Crippen LogP contribution < -0.4 is 0 Å². The van der Waals surface area contributed by atoms with Gasteiger partial charge in [-0.1, -0.05) is 24.3 Å². The Morgan fingerprint density at radius 2 is 1.48 bits per heavy atom. The molecule has 2 aliphatic carbocycles. The summed E-state index contributed by atoms with van der Waals surface area (Å²) in [6, 6.07) is 5.97. The van der Waals surface area contributed by atoms with E-state index in [1.165, 1.54) is 16.7 Å². The molecule has 154 valence electrons. The lowest BCUT2D eigenvalue weighted by Gasteiger charge is -2.31. The Labute approximate surface area is 167 Å². The van der Waals surface area contributed by atoms with Gasteiger partial charge in [-0.25, -0.2) is 8.78 Å². The highest BCUT2D eigenvalue weighted by Gasteiger charge is 2.38. The van der Waals surface area contributed by atoms with Crippen molar-refractivity contribution in [2.45, 2.75) is 57.5 Å². The van der Waals surface area contributed by atoms with Crippen molar-refractivity contribution in [2.24, 2.45) is 5.92 Å². The van der Waals surface area contributed by atoms with Crippen molar-refractivity contribution in [1.29, 1.82) is 0 Å². The van der Waals surface area contributed by atoms with Crippen LogP contribution in [-0.2, 0) is 31.9 Å². The van der Waals surface area contributed by atoms with E-state index in [9.17, 15) is 22.0 Å². The first-order chi connectivity index (χ1) is 13.8. The van der Waals surface area contributed by atoms with Crippen LogP contribution in [0, 0.1) is 17.6 Å². The molecule has 2 aliphatic rings. The lowest BCUT2D eigenvalue weighted by molar-refractivity contribution is -0.142. The van der Waals surface area contributed by atoms with Gasteiger partial charge in [0.1, 0.15) is 17.2 Å². The topological polar surface area (TPSA) is 0 Å². The van der Waals surface area contributed by atoms with E-state index in [2.05, 4.69) is 24.3 Å². The molecule has 2 aromatic rings. The lowest BCUT2D eigenvalue weighted by atomic mass is 9.73. The maximum Gasteiger partial charge on any atom is 0.422 e. The van der Waals surface area contributed by atoms with Gasteiger partial charge in [0.2, 0.25) is 0 Å². The summed E-state index contributed by atoms with van der Waals surface area (Å²) in [5.41, 5.74) is 3.79. The highest BCUT2D eigenvalue weighted by molar-refractivity contribution is 5.46. The minimum atomic E-state index is -5.03. The number of alkyl halides is 3. The second kappa shape index (κ2) is 7.58. The highest BCUT2D eigenvalue weighted by atomic mass is 19.4. The molecule has 0 aliphatic heterocycles. The summed E-state index contributed by atoms with van der Waals surface area (Å²) in [4.78, 5) is 0. The summed E-state index contributed by atoms with van der Waals surface area (Å²) in [6.45, 7) is 2.04. The number of allylic oxidation sites excluding steroid dienone is 2. The summed E-state index contributed by atoms with van der Waals surface area (Å²) >= 11 is 0. The summed E-state index contributed by atoms with van der Waals surface area (Å²) in [5.74, 6) is -2.66. The zero-order valence-electron chi connectivity index (χ0n) is 16.3. The molecule has 29 heavy (non-hydrogen) atoms. The van der Waals surface area contributed by atoms with E-state index in [1.807, 2.05) is 6.92 Å². The van der Waals surface area contributed by atoms with E-state index in [0.717, 1.165) is 43.4 Å². The largest absolute Gasteiger partial charge is 0.422 e. The van der Waals surface area contributed by atoms with Crippen LogP contribution in [-0.4, -0.2) is 0 Å². The molecule has 0 bridgehead atoms. The van der Waals surface area contributed by atoms with Crippen molar-refractivity contribution >= 4 is 0 Å². The Kier molecular flexibility index (Phi) is 5.26. The number of hydrogen-bond acceptors (Lipinski definition) is 0. The van der Waals surface area contributed by atoms with Gasteiger partial charge in [0, 0.05) is 0 Å². The number of benzene rings is 2. The van der Waals surface area contributed by atoms with Crippen molar-refractivity contribution in [3.63, 3.8) is 0 Å². The SMILES string of the molecule is C/C=C\[C@H]1CCc2c(ccc3c2CC[C@H](c2cc(F)c(C(F)(F)F)c(F)c2)C3)C1. The molecule has 0 amide bonds. The molecule has 2 atom stereocenters. The zero-order valence-corrected chi connectivity index (χ0v) is 16.3. The van der Waals surface area contributed by atoms with Crippen LogP contribution in [0.25, 0.3) is 0 Å². The molecule has 0 heterocycles. The Hall–Kier alpha value is -2.17. The van der Waals surface area contributed by atoms with Gasteiger partial charge in [-0.3, -0.25) is 0 Å². The minimum Gasteiger partial charge on any atom is -0.206 e. The van der Waals surface area contributed by atoms with Crippen LogP contribution in [0.1, 0.15) is 59.1 Å². The summed E-state index contributed by atoms with van der Waals surface area (Å²) in [6.07, 6.45) is 4.59. The minimum absolute atomic E-state index is 0.175. The average molecular weight is 406 g/mol. The average Bonchev–Trinajstić information content (AvgIpc) is 2.65. The Balaban J connectivity index is 1.61. The molecule has 4 rings (SSSR count). The molecule has 0 unspecified atom stereocenters. The predicted molar refractivity (Wildman–Crippen MR) is 103 cm³/mol. The van der Waals surface area contributed by atoms with Crippen molar-refractivity contribution in [3.05, 3.63) is 81.4 Å². The van der Waals surface area contributed by atoms with Gasteiger partial charge in [0.05, 0.1) is 0 Å². The normalized spacial score (nSPS) is 21.9. The molecule has 2 aromatic carbocycles. The van der Waals surface area contributed by atoms with Gasteiger partial charge in [-0.15, -0.1) is 0 Å². The van der Waals surface area contributed by atoms with Crippen LogP contribution in [0.3, 0.4) is 0 Å². The highest BCUT2D eigenvalue weighted by Crippen LogP contribution is 2.40. The fourth-order valence-electron chi connectivity index (χ4n) is 5.02. The van der Waals surface area contributed by atoms with E-state index < -0.39 is 23.4 Å². The second-order valence-electron chi connectivity index (χ2n) is 8.17. The van der Waals surface area contributed by atoms with Crippen molar-refractivity contribution < 1.29 is 22.0 Å². The van der Waals surface area contributed by atoms with Gasteiger partial charge >= 0.3 is 6.18 Å². The Morgan fingerprint density at radius 3 is 2.07 bits per heavy atom. The third kappa shape index (κ3) is 3.84. The molecular formula is C24H23F5. The molecule has 0 saturated heterocycles. The standard InChI is InChI=1S/C24H23F5/c1-2-3-14-4-8-19-16(10-14)5-6-17-11-15(7-9-20(17)19)18-12-21(25)23(22(26)13-18)24(27,28)29/h2-3,5-6,12-15H,4,7-11H2,1H3/b3-2-/t14-,15-/m0/s1. The van der Waals surface area contributed by atoms with Crippen LogP contribution in [0.2, 0.25) is 0 Å². The zero-order chi connectivity index (χ0) is 20.8. The van der Waals surface area contributed by atoms with Crippen LogP contribution in [0.4, 0.5) is 22.0 Å². The molecule has 0 N–H and O–H groups in total. The quantitative estimate of drug-likeness (QED) is 0.374. The van der Waals surface area contributed by atoms with Gasteiger partial charge in [0.15, 0.2) is 0 Å². The molecular weight excluding hydrogens is 383 g/mol. The van der Waals surface area contributed by atoms with E-state index in [4.69, 9.17) is 0 Å². The van der Waals surface area contributed by atoms with Crippen molar-refractivity contribution in [3.8, 4) is 0 Å². The van der Waals surface area contributed by atoms with Gasteiger partial charge in [-0.2, -0.15) is 13.2 Å². The van der Waals surface area contributed by atoms with Crippen molar-refractivity contribution in [1.82, 2.24) is 0 Å². The maximum atomic E-state index is 14.0. The van der Waals surface area contributed by atoms with Crippen LogP contribution in [0.15, 0.2) is 36.4 Å². The number of fused-ring (bicyclic) bond motifs is 3. The molecule has 0 radical (unpaired) electrons. The fourth-order valence-corrected chi connectivity index (χ4v) is 5.02. The number of halogens is 5. The van der Waals surface area contributed by atoms with Gasteiger partial charge in [-0.05, 0) is 97.2 Å². The third-order valence-corrected chi connectivity index (χ3v) is 6.37. The molecule has 0 spiro atoms. The monoisotopic (exact) mass is 406 g/mol. The first-order valence-electron chi connectivity index (χ1n) is 10.1. The van der Waals surface area contributed by atoms with Crippen molar-refractivity contribution in [2.75, 3.05) is 0 Å². The van der Waals surface area contributed by atoms with Gasteiger partial charge < -0.3 is 0 Å². The first-order valence-corrected chi connectivity index (χ1v) is 10.1. The maximum absolute atomic E-state index is 14.0. The molecule has 5 heteroatoms. The second-order valence-corrected chi connectivity index (χ2v) is 8.17. The van der Waals surface area contributed by atoms with Crippen LogP contribution in [0.5, 0.6) is 0 Å². The molecule has 0 fully saturated rings. The molecule has 0 saturated carbocycles. The number of hydrogen-bond donors (Lipinski definition) is 0. The van der Waals surface area contributed by atoms with E-state index in [0.29, 0.717) is 24.3 Å². The lowest BCUT2D eigenvalue weighted by Crippen LogP contribution is -2.20. The number of rotatable bonds is 2. The first kappa shape index (κ1) is 20.1. The Bertz CT molecular complexity index is 931. The van der Waals surface area contributed by atoms with Gasteiger partial charge in [0.25, 0.3) is 0 Å². The van der Waals surface area contributed by atoms with E-state index in [-0.39, 0.29) is 5.92 Å². The van der Waals surface area contributed by atoms with E-state index >= 15 is 0 Å². The summed E-state index contributed by atoms with van der Waals surface area (Å²) < 4.78 is 66.5.